The second-order valence-corrected chi connectivity index (χ2v) is 8.32. The lowest BCUT2D eigenvalue weighted by Crippen LogP contribution is -2.16. The minimum Gasteiger partial charge on any atom is -0.481 e. The minimum absolute atomic E-state index is 0.000455. The number of rotatable bonds is 9. The standard InChI is InChI=1S/C20H19Cl2N5O4S/c1-3-26-19(12(2)31-17-10-13(21)8-9-14(17)22)24-25-20(26)32-11-18(28)23-15-6-4-5-7-16(15)27(29)30/h4-10,12H,3,11H2,1-2H3,(H,23,28). The van der Waals surface area contributed by atoms with Crippen LogP contribution in [0.5, 0.6) is 5.75 Å². The van der Waals surface area contributed by atoms with E-state index in [1.807, 2.05) is 18.4 Å². The highest BCUT2D eigenvalue weighted by atomic mass is 35.5. The second-order valence-electron chi connectivity index (χ2n) is 6.53. The average Bonchev–Trinajstić information content (AvgIpc) is 3.18. The van der Waals surface area contributed by atoms with Crippen molar-refractivity contribution < 1.29 is 14.5 Å². The molecule has 3 rings (SSSR count). The van der Waals surface area contributed by atoms with Crippen LogP contribution in [0.4, 0.5) is 11.4 Å². The number of nitrogens with one attached hydrogen (secondary N) is 1. The SMILES string of the molecule is CCn1c(SCC(=O)Nc2ccccc2[N+](=O)[O-])nnc1C(C)Oc1cc(Cl)ccc1Cl. The van der Waals surface area contributed by atoms with E-state index in [-0.39, 0.29) is 17.1 Å². The monoisotopic (exact) mass is 495 g/mol. The van der Waals surface area contributed by atoms with E-state index in [1.165, 1.54) is 30.0 Å². The molecule has 0 spiro atoms. The number of para-hydroxylation sites is 2. The molecule has 2 aromatic carbocycles. The Hall–Kier alpha value is -2.82. The summed E-state index contributed by atoms with van der Waals surface area (Å²) in [4.78, 5) is 22.9. The fourth-order valence-electron chi connectivity index (χ4n) is 2.87. The molecule has 1 N–H and O–H groups in total. The predicted octanol–water partition coefficient (Wildman–Crippen LogP) is 5.38. The highest BCUT2D eigenvalue weighted by Gasteiger charge is 2.21. The van der Waals surface area contributed by atoms with Gasteiger partial charge in [-0.1, -0.05) is 47.1 Å². The van der Waals surface area contributed by atoms with Crippen molar-refractivity contribution in [2.45, 2.75) is 31.7 Å². The Morgan fingerprint density at radius 2 is 2.03 bits per heavy atom. The van der Waals surface area contributed by atoms with Crippen LogP contribution in [-0.2, 0) is 11.3 Å². The first kappa shape index (κ1) is 23.8. The van der Waals surface area contributed by atoms with Crippen molar-refractivity contribution in [2.75, 3.05) is 11.1 Å². The van der Waals surface area contributed by atoms with E-state index in [4.69, 9.17) is 27.9 Å². The van der Waals surface area contributed by atoms with Gasteiger partial charge in [0.25, 0.3) is 5.69 Å². The van der Waals surface area contributed by atoms with Gasteiger partial charge >= 0.3 is 0 Å². The molecule has 9 nitrogen and oxygen atoms in total. The van der Waals surface area contributed by atoms with Gasteiger partial charge in [-0.2, -0.15) is 0 Å². The van der Waals surface area contributed by atoms with E-state index in [9.17, 15) is 14.9 Å². The normalized spacial score (nSPS) is 11.8. The van der Waals surface area contributed by atoms with Crippen LogP contribution in [-0.4, -0.2) is 31.3 Å². The van der Waals surface area contributed by atoms with Crippen molar-refractivity contribution in [3.05, 3.63) is 68.4 Å². The number of carbonyl (C=O) groups excluding carboxylic acids is 1. The summed E-state index contributed by atoms with van der Waals surface area (Å²) in [6.45, 7) is 4.28. The van der Waals surface area contributed by atoms with Crippen molar-refractivity contribution in [3.8, 4) is 5.75 Å². The van der Waals surface area contributed by atoms with Crippen molar-refractivity contribution in [1.82, 2.24) is 14.8 Å². The van der Waals surface area contributed by atoms with Crippen molar-refractivity contribution in [2.24, 2.45) is 0 Å². The minimum atomic E-state index is -0.545. The summed E-state index contributed by atoms with van der Waals surface area (Å²) in [6.07, 6.45) is -0.478. The van der Waals surface area contributed by atoms with Gasteiger partial charge in [0.05, 0.1) is 15.7 Å². The van der Waals surface area contributed by atoms with Gasteiger partial charge in [0, 0.05) is 23.7 Å². The molecule has 0 bridgehead atoms. The summed E-state index contributed by atoms with van der Waals surface area (Å²) in [7, 11) is 0. The molecule has 0 fully saturated rings. The molecule has 1 heterocycles. The summed E-state index contributed by atoms with van der Waals surface area (Å²) >= 11 is 13.4. The molecule has 168 valence electrons. The zero-order valence-electron chi connectivity index (χ0n) is 17.1. The van der Waals surface area contributed by atoms with E-state index >= 15 is 0 Å². The summed E-state index contributed by atoms with van der Waals surface area (Å²) in [6, 6.07) is 10.9. The summed E-state index contributed by atoms with van der Waals surface area (Å²) < 4.78 is 7.74. The third kappa shape index (κ3) is 5.70. The van der Waals surface area contributed by atoms with Gasteiger partial charge in [0.1, 0.15) is 11.4 Å². The van der Waals surface area contributed by atoms with Crippen LogP contribution < -0.4 is 10.1 Å². The van der Waals surface area contributed by atoms with Gasteiger partial charge in [-0.25, -0.2) is 0 Å². The number of hydrogen-bond acceptors (Lipinski definition) is 7. The highest BCUT2D eigenvalue weighted by molar-refractivity contribution is 7.99. The number of ether oxygens (including phenoxy) is 1. The maximum Gasteiger partial charge on any atom is 0.292 e. The van der Waals surface area contributed by atoms with Crippen LogP contribution in [0, 0.1) is 10.1 Å². The molecule has 0 aliphatic heterocycles. The molecular formula is C20H19Cl2N5O4S. The Morgan fingerprint density at radius 3 is 2.75 bits per heavy atom. The van der Waals surface area contributed by atoms with Gasteiger partial charge in [0.15, 0.2) is 17.1 Å². The van der Waals surface area contributed by atoms with Gasteiger partial charge in [-0.3, -0.25) is 14.9 Å². The molecule has 0 aliphatic carbocycles. The molecule has 0 saturated carbocycles. The van der Waals surface area contributed by atoms with Crippen LogP contribution >= 0.6 is 35.0 Å². The number of nitrogens with zero attached hydrogens (tertiary/aromatic N) is 4. The van der Waals surface area contributed by atoms with Crippen LogP contribution in [0.15, 0.2) is 47.6 Å². The fourth-order valence-corrected chi connectivity index (χ4v) is 4.00. The Balaban J connectivity index is 1.68. The molecule has 0 aliphatic rings. The smallest absolute Gasteiger partial charge is 0.292 e. The Labute approximate surface area is 198 Å². The zero-order valence-corrected chi connectivity index (χ0v) is 19.4. The first-order chi connectivity index (χ1) is 15.3. The van der Waals surface area contributed by atoms with Gasteiger partial charge in [0.2, 0.25) is 5.91 Å². The number of benzene rings is 2. The second kappa shape index (κ2) is 10.7. The van der Waals surface area contributed by atoms with E-state index in [0.29, 0.717) is 33.3 Å². The number of carbonyl (C=O) groups is 1. The maximum absolute atomic E-state index is 12.3. The predicted molar refractivity (Wildman–Crippen MR) is 124 cm³/mol. The molecule has 12 heteroatoms. The highest BCUT2D eigenvalue weighted by Crippen LogP contribution is 2.32. The van der Waals surface area contributed by atoms with Crippen molar-refractivity contribution >= 4 is 52.2 Å². The molecule has 1 amide bonds. The Morgan fingerprint density at radius 1 is 1.28 bits per heavy atom. The number of thioether (sulfide) groups is 1. The van der Waals surface area contributed by atoms with E-state index in [0.717, 1.165) is 0 Å². The molecule has 1 atom stereocenters. The summed E-state index contributed by atoms with van der Waals surface area (Å²) in [5.41, 5.74) is -0.0309. The third-order valence-corrected chi connectivity index (χ3v) is 5.84. The lowest BCUT2D eigenvalue weighted by atomic mass is 10.2. The van der Waals surface area contributed by atoms with Gasteiger partial charge in [-0.05, 0) is 32.0 Å². The van der Waals surface area contributed by atoms with E-state index in [1.54, 1.807) is 24.3 Å². The largest absolute Gasteiger partial charge is 0.481 e. The molecular weight excluding hydrogens is 477 g/mol. The van der Waals surface area contributed by atoms with Gasteiger partial charge in [-0.15, -0.1) is 10.2 Å². The van der Waals surface area contributed by atoms with Crippen LogP contribution in [0.25, 0.3) is 0 Å². The molecule has 32 heavy (non-hydrogen) atoms. The molecule has 1 unspecified atom stereocenters. The van der Waals surface area contributed by atoms with E-state index < -0.39 is 16.9 Å². The van der Waals surface area contributed by atoms with Crippen LogP contribution in [0.2, 0.25) is 10.0 Å². The first-order valence-corrected chi connectivity index (χ1v) is 11.2. The Bertz CT molecular complexity index is 1140. The number of halogens is 2. The number of amides is 1. The number of hydrogen-bond donors (Lipinski definition) is 1. The first-order valence-electron chi connectivity index (χ1n) is 9.51. The van der Waals surface area contributed by atoms with Crippen molar-refractivity contribution in [3.63, 3.8) is 0 Å². The van der Waals surface area contributed by atoms with Crippen LogP contribution in [0.3, 0.4) is 0 Å². The molecule has 3 aromatic rings. The number of anilines is 1. The Kier molecular flexibility index (Phi) is 7.94. The quantitative estimate of drug-likeness (QED) is 0.240. The molecule has 0 saturated heterocycles. The zero-order chi connectivity index (χ0) is 23.3. The maximum atomic E-state index is 12.3. The van der Waals surface area contributed by atoms with Crippen LogP contribution in [0.1, 0.15) is 25.8 Å². The average molecular weight is 496 g/mol. The number of aromatic nitrogens is 3. The fraction of sp³-hybridized carbons (Fsp3) is 0.250. The number of nitro benzene ring substituents is 1. The number of nitro groups is 1. The molecule has 1 aromatic heterocycles. The van der Waals surface area contributed by atoms with Crippen molar-refractivity contribution in [1.29, 1.82) is 0 Å². The lowest BCUT2D eigenvalue weighted by molar-refractivity contribution is -0.383. The van der Waals surface area contributed by atoms with Gasteiger partial charge < -0.3 is 14.6 Å². The summed E-state index contributed by atoms with van der Waals surface area (Å²) in [5, 5.41) is 23.5. The van der Waals surface area contributed by atoms with E-state index in [2.05, 4.69) is 15.5 Å². The summed E-state index contributed by atoms with van der Waals surface area (Å²) in [5.74, 6) is 0.589. The lowest BCUT2D eigenvalue weighted by Gasteiger charge is -2.16. The topological polar surface area (TPSA) is 112 Å². The molecule has 0 radical (unpaired) electrons. The third-order valence-electron chi connectivity index (χ3n) is 4.33.